The van der Waals surface area contributed by atoms with Crippen LogP contribution in [0.15, 0.2) is 48.5 Å². The highest BCUT2D eigenvalue weighted by atomic mass is 32.2. The molecule has 1 saturated carbocycles. The first-order chi connectivity index (χ1) is 20.0. The van der Waals surface area contributed by atoms with Crippen molar-refractivity contribution in [3.8, 4) is 5.69 Å². The van der Waals surface area contributed by atoms with Gasteiger partial charge in [0.2, 0.25) is 0 Å². The summed E-state index contributed by atoms with van der Waals surface area (Å²) in [6.45, 7) is 3.03. The number of hydrogen-bond donors (Lipinski definition) is 0. The Balaban J connectivity index is 1.31. The van der Waals surface area contributed by atoms with Gasteiger partial charge in [-0.15, -0.1) is 0 Å². The number of nitrogens with zero attached hydrogens (tertiary/aromatic N) is 4. The van der Waals surface area contributed by atoms with Gasteiger partial charge in [-0.1, -0.05) is 12.8 Å². The summed E-state index contributed by atoms with van der Waals surface area (Å²) in [6.07, 6.45) is 0.450. The van der Waals surface area contributed by atoms with E-state index in [2.05, 4.69) is 4.90 Å². The van der Waals surface area contributed by atoms with Crippen molar-refractivity contribution in [2.75, 3.05) is 50.8 Å². The molecule has 2 amide bonds. The van der Waals surface area contributed by atoms with Crippen molar-refractivity contribution in [2.45, 2.75) is 37.9 Å². The Morgan fingerprint density at radius 3 is 2.00 bits per heavy atom. The smallest absolute Gasteiger partial charge is 0.336 e. The number of rotatable bonds is 4. The van der Waals surface area contributed by atoms with Gasteiger partial charge < -0.3 is 14.4 Å². The van der Waals surface area contributed by atoms with Crippen molar-refractivity contribution in [3.63, 3.8) is 0 Å². The SMILES string of the molecule is O=C(c1ccc2c(c1)cc(C(=O)N1CCS(=O)(=O)CC1)n2-c1ccc(C(F)(F)F)cc1)N1CCN(C2CCCC2)CC1. The number of aromatic nitrogens is 1. The number of alkyl halides is 3. The highest BCUT2D eigenvalue weighted by molar-refractivity contribution is 7.91. The summed E-state index contributed by atoms with van der Waals surface area (Å²) in [5, 5.41) is 0.596. The second-order valence-electron chi connectivity index (χ2n) is 11.4. The van der Waals surface area contributed by atoms with E-state index in [-0.39, 0.29) is 36.2 Å². The Morgan fingerprint density at radius 1 is 0.762 bits per heavy atom. The Kier molecular flexibility index (Phi) is 7.55. The van der Waals surface area contributed by atoms with Crippen molar-refractivity contribution < 1.29 is 31.2 Å². The highest BCUT2D eigenvalue weighted by Crippen LogP contribution is 2.32. The van der Waals surface area contributed by atoms with E-state index in [4.69, 9.17) is 0 Å². The summed E-state index contributed by atoms with van der Waals surface area (Å²) in [5.74, 6) is -0.811. The molecule has 8 nitrogen and oxygen atoms in total. The van der Waals surface area contributed by atoms with Gasteiger partial charge in [-0.05, 0) is 61.4 Å². The largest absolute Gasteiger partial charge is 0.416 e. The zero-order valence-corrected chi connectivity index (χ0v) is 24.0. The molecule has 224 valence electrons. The second-order valence-corrected chi connectivity index (χ2v) is 13.7. The lowest BCUT2D eigenvalue weighted by molar-refractivity contribution is -0.137. The predicted octanol–water partition coefficient (Wildman–Crippen LogP) is 4.22. The van der Waals surface area contributed by atoms with Gasteiger partial charge in [0.1, 0.15) is 5.69 Å². The lowest BCUT2D eigenvalue weighted by Gasteiger charge is -2.38. The average Bonchev–Trinajstić information content (AvgIpc) is 3.64. The van der Waals surface area contributed by atoms with E-state index in [1.165, 1.54) is 42.7 Å². The number of benzene rings is 2. The van der Waals surface area contributed by atoms with Crippen molar-refractivity contribution in [3.05, 3.63) is 65.4 Å². The Morgan fingerprint density at radius 2 is 1.38 bits per heavy atom. The number of carbonyl (C=O) groups excluding carboxylic acids is 2. The first-order valence-electron chi connectivity index (χ1n) is 14.4. The molecule has 0 bridgehead atoms. The molecule has 2 saturated heterocycles. The Labute approximate surface area is 242 Å². The second kappa shape index (κ2) is 11.0. The van der Waals surface area contributed by atoms with Crippen LogP contribution in [0, 0.1) is 0 Å². The van der Waals surface area contributed by atoms with Crippen molar-refractivity contribution >= 4 is 32.6 Å². The molecule has 0 N–H and O–H groups in total. The highest BCUT2D eigenvalue weighted by Gasteiger charge is 2.32. The van der Waals surface area contributed by atoms with Gasteiger partial charge in [0, 0.05) is 61.9 Å². The molecule has 2 aliphatic heterocycles. The van der Waals surface area contributed by atoms with Gasteiger partial charge in [0.15, 0.2) is 9.84 Å². The monoisotopic (exact) mass is 602 g/mol. The van der Waals surface area contributed by atoms with Gasteiger partial charge in [-0.3, -0.25) is 14.5 Å². The topological polar surface area (TPSA) is 82.9 Å². The van der Waals surface area contributed by atoms with E-state index in [9.17, 15) is 31.2 Å². The number of piperazine rings is 1. The number of amides is 2. The summed E-state index contributed by atoms with van der Waals surface area (Å²) < 4.78 is 65.2. The fraction of sp³-hybridized carbons (Fsp3) is 0.467. The minimum Gasteiger partial charge on any atom is -0.336 e. The van der Waals surface area contributed by atoms with Gasteiger partial charge in [-0.25, -0.2) is 8.42 Å². The fourth-order valence-corrected chi connectivity index (χ4v) is 7.60. The molecule has 6 rings (SSSR count). The maximum absolute atomic E-state index is 13.7. The maximum atomic E-state index is 13.7. The Hall–Kier alpha value is -3.38. The van der Waals surface area contributed by atoms with Crippen LogP contribution in [0.2, 0.25) is 0 Å². The molecule has 12 heteroatoms. The number of hydrogen-bond acceptors (Lipinski definition) is 5. The molecule has 3 aromatic rings. The fourth-order valence-electron chi connectivity index (χ4n) is 6.40. The molecule has 2 aromatic carbocycles. The molecule has 3 fully saturated rings. The van der Waals surface area contributed by atoms with Crippen LogP contribution in [0.25, 0.3) is 16.6 Å². The quantitative estimate of drug-likeness (QED) is 0.447. The third-order valence-corrected chi connectivity index (χ3v) is 10.4. The average molecular weight is 603 g/mol. The van der Waals surface area contributed by atoms with Gasteiger partial charge in [0.05, 0.1) is 22.6 Å². The summed E-state index contributed by atoms with van der Waals surface area (Å²) >= 11 is 0. The van der Waals surface area contributed by atoms with Crippen molar-refractivity contribution in [2.24, 2.45) is 0 Å². The van der Waals surface area contributed by atoms with Crippen molar-refractivity contribution in [1.82, 2.24) is 19.3 Å². The first-order valence-corrected chi connectivity index (χ1v) is 16.2. The van der Waals surface area contributed by atoms with Crippen molar-refractivity contribution in [1.29, 1.82) is 0 Å². The van der Waals surface area contributed by atoms with Crippen LogP contribution in [-0.2, 0) is 16.0 Å². The van der Waals surface area contributed by atoms with Crippen LogP contribution in [0.3, 0.4) is 0 Å². The molecule has 0 atom stereocenters. The summed E-state index contributed by atoms with van der Waals surface area (Å²) in [7, 11) is -3.22. The summed E-state index contributed by atoms with van der Waals surface area (Å²) in [6, 6.07) is 11.9. The van der Waals surface area contributed by atoms with Gasteiger partial charge in [-0.2, -0.15) is 13.2 Å². The molecule has 0 radical (unpaired) electrons. The summed E-state index contributed by atoms with van der Waals surface area (Å²) in [5.41, 5.74) is 0.777. The van der Waals surface area contributed by atoms with Crippen LogP contribution in [0.4, 0.5) is 13.2 Å². The Bertz CT molecular complexity index is 1590. The van der Waals surface area contributed by atoms with E-state index in [0.717, 1.165) is 25.2 Å². The molecule has 1 aromatic heterocycles. The maximum Gasteiger partial charge on any atom is 0.416 e. The number of sulfone groups is 1. The van der Waals surface area contributed by atoms with E-state index >= 15 is 0 Å². The molecule has 1 aliphatic carbocycles. The minimum atomic E-state index is -4.51. The van der Waals surface area contributed by atoms with Crippen LogP contribution < -0.4 is 0 Å². The van der Waals surface area contributed by atoms with E-state index in [1.54, 1.807) is 28.8 Å². The molecular formula is C30H33F3N4O4S. The predicted molar refractivity (Wildman–Crippen MR) is 153 cm³/mol. The summed E-state index contributed by atoms with van der Waals surface area (Å²) in [4.78, 5) is 32.9. The normalized spacial score (nSPS) is 20.4. The standard InChI is InChI=1S/C30H33F3N4O4S/c31-30(32,33)23-6-8-25(9-7-23)37-26-10-5-21(28(38)35-13-11-34(12-14-35)24-3-1-2-4-24)19-22(26)20-27(37)29(39)36-15-17-42(40,41)18-16-36/h5-10,19-20,24H,1-4,11-18H2. The molecule has 42 heavy (non-hydrogen) atoms. The van der Waals surface area contributed by atoms with Crippen LogP contribution in [-0.4, -0.2) is 96.3 Å². The third kappa shape index (κ3) is 5.66. The lowest BCUT2D eigenvalue weighted by Crippen LogP contribution is -2.51. The number of halogens is 3. The zero-order chi connectivity index (χ0) is 29.6. The molecular weight excluding hydrogens is 569 g/mol. The van der Waals surface area contributed by atoms with Gasteiger partial charge in [0.25, 0.3) is 11.8 Å². The molecule has 3 heterocycles. The van der Waals surface area contributed by atoms with Crippen LogP contribution in [0.1, 0.15) is 52.1 Å². The van der Waals surface area contributed by atoms with Gasteiger partial charge >= 0.3 is 6.18 Å². The van der Waals surface area contributed by atoms with E-state index < -0.39 is 27.5 Å². The lowest BCUT2D eigenvalue weighted by atomic mass is 10.1. The van der Waals surface area contributed by atoms with E-state index in [1.807, 2.05) is 4.90 Å². The third-order valence-electron chi connectivity index (χ3n) is 8.79. The molecule has 0 spiro atoms. The zero-order valence-electron chi connectivity index (χ0n) is 23.1. The molecule has 0 unspecified atom stereocenters. The van der Waals surface area contributed by atoms with E-state index in [0.29, 0.717) is 41.3 Å². The van der Waals surface area contributed by atoms with Crippen LogP contribution in [0.5, 0.6) is 0 Å². The number of carbonyl (C=O) groups is 2. The molecule has 3 aliphatic rings. The minimum absolute atomic E-state index is 0.0340. The first kappa shape index (κ1) is 28.7. The number of fused-ring (bicyclic) bond motifs is 1. The van der Waals surface area contributed by atoms with Crippen LogP contribution >= 0.6 is 0 Å².